The predicted octanol–water partition coefficient (Wildman–Crippen LogP) is 2.85. The Morgan fingerprint density at radius 1 is 1.53 bits per heavy atom. The molecule has 0 aliphatic heterocycles. The first-order valence-corrected chi connectivity index (χ1v) is 7.91. The van der Waals surface area contributed by atoms with Crippen LogP contribution in [-0.4, -0.2) is 22.7 Å². The Kier molecular flexibility index (Phi) is 3.90. The van der Waals surface area contributed by atoms with Crippen molar-refractivity contribution in [3.05, 3.63) is 16.1 Å². The lowest BCUT2D eigenvalue weighted by atomic mass is 10.4. The maximum absolute atomic E-state index is 5.83. The maximum atomic E-state index is 5.83. The fourth-order valence-corrected chi connectivity index (χ4v) is 3.79. The molecule has 92 valence electrons. The molecule has 0 aliphatic carbocycles. The van der Waals surface area contributed by atoms with Crippen LogP contribution >= 0.6 is 34.6 Å². The van der Waals surface area contributed by atoms with Gasteiger partial charge in [-0.3, -0.25) is 0 Å². The molecule has 4 nitrogen and oxygen atoms in total. The zero-order valence-corrected chi connectivity index (χ0v) is 12.4. The van der Waals surface area contributed by atoms with Crippen LogP contribution in [0.25, 0.3) is 0 Å². The molecule has 0 spiro atoms. The largest absolute Gasteiger partial charge is 0.382 e. The Bertz CT molecular complexity index is 505. The molecule has 2 heterocycles. The molecule has 2 aromatic heterocycles. The van der Waals surface area contributed by atoms with Crippen molar-refractivity contribution in [3.8, 4) is 0 Å². The van der Waals surface area contributed by atoms with Crippen molar-refractivity contribution < 1.29 is 0 Å². The van der Waals surface area contributed by atoms with E-state index in [1.54, 1.807) is 23.1 Å². The van der Waals surface area contributed by atoms with E-state index in [-0.39, 0.29) is 0 Å². The number of anilines is 2. The zero-order chi connectivity index (χ0) is 12.4. The minimum atomic E-state index is 0.624. The molecule has 0 unspecified atom stereocenters. The zero-order valence-electron chi connectivity index (χ0n) is 9.93. The standard InChI is InChI=1S/C10H14N4S3/c1-6-12-7(5-16-6)4-14(2)10-8(15-3)9(11)13-17-10/h5H,4H2,1-3H3,(H2,11,13). The molecule has 0 radical (unpaired) electrons. The number of nitrogen functional groups attached to an aromatic ring is 1. The van der Waals surface area contributed by atoms with Gasteiger partial charge in [-0.2, -0.15) is 4.37 Å². The number of nitrogens with zero attached hydrogens (tertiary/aromatic N) is 3. The van der Waals surface area contributed by atoms with Crippen molar-refractivity contribution >= 4 is 45.5 Å². The Labute approximate surface area is 113 Å². The number of thioether (sulfide) groups is 1. The van der Waals surface area contributed by atoms with Crippen LogP contribution in [0.3, 0.4) is 0 Å². The van der Waals surface area contributed by atoms with Crippen molar-refractivity contribution in [3.63, 3.8) is 0 Å². The van der Waals surface area contributed by atoms with E-state index in [9.17, 15) is 0 Å². The lowest BCUT2D eigenvalue weighted by molar-refractivity contribution is 0.891. The highest BCUT2D eigenvalue weighted by atomic mass is 32.2. The van der Waals surface area contributed by atoms with Crippen molar-refractivity contribution in [2.45, 2.75) is 18.4 Å². The highest BCUT2D eigenvalue weighted by molar-refractivity contribution is 7.99. The fourth-order valence-electron chi connectivity index (χ4n) is 1.52. The van der Waals surface area contributed by atoms with E-state index in [0.717, 1.165) is 27.1 Å². The third kappa shape index (κ3) is 2.72. The molecule has 0 saturated heterocycles. The highest BCUT2D eigenvalue weighted by Crippen LogP contribution is 2.37. The lowest BCUT2D eigenvalue weighted by Gasteiger charge is -2.16. The van der Waals surface area contributed by atoms with Crippen LogP contribution in [0.1, 0.15) is 10.7 Å². The van der Waals surface area contributed by atoms with Gasteiger partial charge in [-0.1, -0.05) is 0 Å². The average Bonchev–Trinajstić information content (AvgIpc) is 2.84. The summed E-state index contributed by atoms with van der Waals surface area (Å²) in [7, 11) is 2.04. The highest BCUT2D eigenvalue weighted by Gasteiger charge is 2.15. The summed E-state index contributed by atoms with van der Waals surface area (Å²) in [5.74, 6) is 0.624. The minimum Gasteiger partial charge on any atom is -0.382 e. The van der Waals surface area contributed by atoms with Crippen LogP contribution in [0.5, 0.6) is 0 Å². The number of aromatic nitrogens is 2. The summed E-state index contributed by atoms with van der Waals surface area (Å²) in [4.78, 5) is 7.67. The van der Waals surface area contributed by atoms with Gasteiger partial charge in [0.05, 0.1) is 22.1 Å². The van der Waals surface area contributed by atoms with E-state index < -0.39 is 0 Å². The number of nitrogens with two attached hydrogens (primary N) is 1. The topological polar surface area (TPSA) is 55.0 Å². The van der Waals surface area contributed by atoms with Gasteiger partial charge in [0.2, 0.25) is 0 Å². The second-order valence-corrected chi connectivity index (χ2v) is 6.25. The third-order valence-corrected chi connectivity index (χ3v) is 5.01. The van der Waals surface area contributed by atoms with Gasteiger partial charge in [0, 0.05) is 12.4 Å². The van der Waals surface area contributed by atoms with E-state index in [1.165, 1.54) is 11.5 Å². The van der Waals surface area contributed by atoms with Gasteiger partial charge in [-0.25, -0.2) is 4.98 Å². The number of hydrogen-bond acceptors (Lipinski definition) is 7. The predicted molar refractivity (Wildman–Crippen MR) is 77.3 cm³/mol. The minimum absolute atomic E-state index is 0.624. The second-order valence-electron chi connectivity index (χ2n) is 3.62. The van der Waals surface area contributed by atoms with Crippen molar-refractivity contribution in [2.24, 2.45) is 0 Å². The van der Waals surface area contributed by atoms with Gasteiger partial charge >= 0.3 is 0 Å². The van der Waals surface area contributed by atoms with E-state index >= 15 is 0 Å². The molecule has 0 bridgehead atoms. The number of thiazole rings is 1. The summed E-state index contributed by atoms with van der Waals surface area (Å²) in [5, 5.41) is 4.30. The molecule has 0 saturated carbocycles. The maximum Gasteiger partial charge on any atom is 0.153 e. The molecule has 2 rings (SSSR count). The lowest BCUT2D eigenvalue weighted by Crippen LogP contribution is -2.16. The van der Waals surface area contributed by atoms with Gasteiger partial charge in [-0.05, 0) is 24.7 Å². The molecule has 0 atom stereocenters. The average molecular weight is 286 g/mol. The van der Waals surface area contributed by atoms with Crippen LogP contribution in [0.15, 0.2) is 10.3 Å². The fraction of sp³-hybridized carbons (Fsp3) is 0.400. The second kappa shape index (κ2) is 5.24. The molecule has 0 aliphatic rings. The Hall–Kier alpha value is -0.790. The van der Waals surface area contributed by atoms with Crippen LogP contribution in [0, 0.1) is 6.92 Å². The first-order chi connectivity index (χ1) is 8.11. The Balaban J connectivity index is 2.16. The van der Waals surface area contributed by atoms with Crippen LogP contribution in [0.4, 0.5) is 10.8 Å². The van der Waals surface area contributed by atoms with Gasteiger partial charge in [0.1, 0.15) is 5.00 Å². The third-order valence-electron chi connectivity index (χ3n) is 2.27. The summed E-state index contributed by atoms with van der Waals surface area (Å²) in [6.07, 6.45) is 2.02. The molecule has 7 heteroatoms. The summed E-state index contributed by atoms with van der Waals surface area (Å²) in [6, 6.07) is 0. The van der Waals surface area contributed by atoms with Gasteiger partial charge in [0.15, 0.2) is 5.82 Å². The summed E-state index contributed by atoms with van der Waals surface area (Å²) in [6.45, 7) is 2.81. The number of aryl methyl sites for hydroxylation is 1. The quantitative estimate of drug-likeness (QED) is 0.876. The number of rotatable bonds is 4. The van der Waals surface area contributed by atoms with Crippen LogP contribution in [-0.2, 0) is 6.54 Å². The van der Waals surface area contributed by atoms with Crippen LogP contribution < -0.4 is 10.6 Å². The van der Waals surface area contributed by atoms with E-state index in [2.05, 4.69) is 19.6 Å². The normalized spacial score (nSPS) is 10.8. The van der Waals surface area contributed by atoms with E-state index in [4.69, 9.17) is 5.73 Å². The van der Waals surface area contributed by atoms with Gasteiger partial charge < -0.3 is 10.6 Å². The summed E-state index contributed by atoms with van der Waals surface area (Å²) < 4.78 is 4.19. The SMILES string of the molecule is CSc1c(N)nsc1N(C)Cc1csc(C)n1. The molecule has 0 aromatic carbocycles. The molecular formula is C10H14N4S3. The monoisotopic (exact) mass is 286 g/mol. The molecule has 0 amide bonds. The Morgan fingerprint density at radius 3 is 2.88 bits per heavy atom. The van der Waals surface area contributed by atoms with E-state index in [0.29, 0.717) is 5.82 Å². The van der Waals surface area contributed by atoms with Gasteiger partial charge in [-0.15, -0.1) is 23.1 Å². The van der Waals surface area contributed by atoms with E-state index in [1.807, 2.05) is 20.2 Å². The molecule has 17 heavy (non-hydrogen) atoms. The number of hydrogen-bond donors (Lipinski definition) is 1. The summed E-state index contributed by atoms with van der Waals surface area (Å²) in [5.41, 5.74) is 6.92. The molecule has 2 aromatic rings. The first kappa shape index (κ1) is 12.7. The first-order valence-electron chi connectivity index (χ1n) is 5.03. The van der Waals surface area contributed by atoms with Crippen molar-refractivity contribution in [2.75, 3.05) is 23.9 Å². The van der Waals surface area contributed by atoms with Crippen molar-refractivity contribution in [1.82, 2.24) is 9.36 Å². The smallest absolute Gasteiger partial charge is 0.153 e. The Morgan fingerprint density at radius 2 is 2.29 bits per heavy atom. The van der Waals surface area contributed by atoms with Gasteiger partial charge in [0.25, 0.3) is 0 Å². The molecule has 0 fully saturated rings. The van der Waals surface area contributed by atoms with Crippen LogP contribution in [0.2, 0.25) is 0 Å². The van der Waals surface area contributed by atoms with Crippen molar-refractivity contribution in [1.29, 1.82) is 0 Å². The summed E-state index contributed by atoms with van der Waals surface area (Å²) >= 11 is 4.75. The molecule has 2 N–H and O–H groups in total. The molecular weight excluding hydrogens is 272 g/mol.